The van der Waals surface area contributed by atoms with Gasteiger partial charge >= 0.3 is 0 Å². The standard InChI is InChI=1S/C16H14ClNO/c17-16-7-4-11-9-13(19)5-6-14(11)15(16)10-12-3-1-2-8-18-12/h1-4,7-8H,5-6,9-10H2. The molecule has 2 aromatic rings. The largest absolute Gasteiger partial charge is 0.299 e. The molecule has 0 spiro atoms. The summed E-state index contributed by atoms with van der Waals surface area (Å²) in [5.74, 6) is 0.318. The van der Waals surface area contributed by atoms with Gasteiger partial charge < -0.3 is 0 Å². The van der Waals surface area contributed by atoms with E-state index < -0.39 is 0 Å². The van der Waals surface area contributed by atoms with E-state index in [0.717, 1.165) is 34.7 Å². The first kappa shape index (κ1) is 12.4. The maximum absolute atomic E-state index is 11.5. The number of benzene rings is 1. The fourth-order valence-electron chi connectivity index (χ4n) is 2.63. The number of rotatable bonds is 2. The minimum Gasteiger partial charge on any atom is -0.299 e. The van der Waals surface area contributed by atoms with Gasteiger partial charge in [0.1, 0.15) is 5.78 Å². The molecule has 0 fully saturated rings. The van der Waals surface area contributed by atoms with E-state index in [1.54, 1.807) is 6.20 Å². The molecule has 0 N–H and O–H groups in total. The second-order valence-corrected chi connectivity index (χ2v) is 5.28. The zero-order chi connectivity index (χ0) is 13.2. The topological polar surface area (TPSA) is 30.0 Å². The molecule has 0 unspecified atom stereocenters. The van der Waals surface area contributed by atoms with Crippen molar-refractivity contribution in [1.29, 1.82) is 0 Å². The molecule has 0 bridgehead atoms. The van der Waals surface area contributed by atoms with E-state index in [4.69, 9.17) is 11.6 Å². The van der Waals surface area contributed by atoms with Gasteiger partial charge in [-0.05, 0) is 41.3 Å². The van der Waals surface area contributed by atoms with Crippen LogP contribution in [0.1, 0.15) is 28.8 Å². The first-order valence-corrected chi connectivity index (χ1v) is 6.82. The van der Waals surface area contributed by atoms with Gasteiger partial charge in [0.05, 0.1) is 0 Å². The van der Waals surface area contributed by atoms with Crippen molar-refractivity contribution in [2.24, 2.45) is 0 Å². The SMILES string of the molecule is O=C1CCc2c(ccc(Cl)c2Cc2ccccn2)C1. The van der Waals surface area contributed by atoms with Crippen LogP contribution in [0, 0.1) is 0 Å². The average Bonchev–Trinajstić information content (AvgIpc) is 2.43. The Kier molecular flexibility index (Phi) is 3.34. The van der Waals surface area contributed by atoms with Gasteiger partial charge in [-0.3, -0.25) is 9.78 Å². The van der Waals surface area contributed by atoms with Crippen molar-refractivity contribution in [3.63, 3.8) is 0 Å². The summed E-state index contributed by atoms with van der Waals surface area (Å²) in [6, 6.07) is 9.77. The molecule has 1 heterocycles. The number of ketones is 1. The summed E-state index contributed by atoms with van der Waals surface area (Å²) < 4.78 is 0. The Balaban J connectivity index is 2.01. The smallest absolute Gasteiger partial charge is 0.137 e. The Morgan fingerprint density at radius 2 is 2.05 bits per heavy atom. The number of halogens is 1. The van der Waals surface area contributed by atoms with Crippen LogP contribution < -0.4 is 0 Å². The number of hydrogen-bond acceptors (Lipinski definition) is 2. The van der Waals surface area contributed by atoms with Crippen LogP contribution in [-0.2, 0) is 24.1 Å². The lowest BCUT2D eigenvalue weighted by atomic mass is 9.86. The fourth-order valence-corrected chi connectivity index (χ4v) is 2.87. The van der Waals surface area contributed by atoms with E-state index in [2.05, 4.69) is 4.98 Å². The summed E-state index contributed by atoms with van der Waals surface area (Å²) in [5, 5.41) is 0.777. The number of Topliss-reactive ketones (excluding diaryl/α,β-unsaturated/α-hetero) is 1. The molecule has 1 aromatic heterocycles. The summed E-state index contributed by atoms with van der Waals surface area (Å²) in [6.07, 6.45) is 4.50. The lowest BCUT2D eigenvalue weighted by molar-refractivity contribution is -0.118. The minimum absolute atomic E-state index is 0.318. The van der Waals surface area contributed by atoms with Gasteiger partial charge in [0.2, 0.25) is 0 Å². The molecular weight excluding hydrogens is 258 g/mol. The molecule has 1 aromatic carbocycles. The van der Waals surface area contributed by atoms with Crippen molar-refractivity contribution in [3.05, 3.63) is 63.9 Å². The third-order valence-corrected chi connectivity index (χ3v) is 3.95. The van der Waals surface area contributed by atoms with E-state index in [1.165, 1.54) is 5.56 Å². The molecule has 0 saturated carbocycles. The Morgan fingerprint density at radius 1 is 1.16 bits per heavy atom. The highest BCUT2D eigenvalue weighted by atomic mass is 35.5. The fraction of sp³-hybridized carbons (Fsp3) is 0.250. The van der Waals surface area contributed by atoms with Gasteiger partial charge in [-0.1, -0.05) is 23.7 Å². The van der Waals surface area contributed by atoms with Crippen molar-refractivity contribution < 1.29 is 4.79 Å². The van der Waals surface area contributed by atoms with Gasteiger partial charge in [0.25, 0.3) is 0 Å². The Bertz CT molecular complexity index is 622. The molecule has 0 amide bonds. The van der Waals surface area contributed by atoms with Crippen LogP contribution in [0.5, 0.6) is 0 Å². The predicted octanol–water partition coefficient (Wildman–Crippen LogP) is 3.38. The molecule has 0 radical (unpaired) electrons. The quantitative estimate of drug-likeness (QED) is 0.838. The van der Waals surface area contributed by atoms with Gasteiger partial charge in [-0.2, -0.15) is 0 Å². The molecule has 0 saturated heterocycles. The maximum atomic E-state index is 11.5. The van der Waals surface area contributed by atoms with Crippen LogP contribution in [0.3, 0.4) is 0 Å². The zero-order valence-electron chi connectivity index (χ0n) is 10.5. The molecule has 3 rings (SSSR count). The van der Waals surface area contributed by atoms with Crippen LogP contribution in [0.15, 0.2) is 36.5 Å². The van der Waals surface area contributed by atoms with E-state index in [9.17, 15) is 4.79 Å². The molecule has 96 valence electrons. The number of hydrogen-bond donors (Lipinski definition) is 0. The van der Waals surface area contributed by atoms with Crippen molar-refractivity contribution in [2.75, 3.05) is 0 Å². The van der Waals surface area contributed by atoms with Gasteiger partial charge in [-0.15, -0.1) is 0 Å². The number of pyridine rings is 1. The summed E-state index contributed by atoms with van der Waals surface area (Å²) in [4.78, 5) is 15.9. The zero-order valence-corrected chi connectivity index (χ0v) is 11.3. The van der Waals surface area contributed by atoms with Gasteiger partial charge in [0, 0.05) is 36.2 Å². The second-order valence-electron chi connectivity index (χ2n) is 4.88. The van der Waals surface area contributed by atoms with Crippen molar-refractivity contribution in [3.8, 4) is 0 Å². The average molecular weight is 272 g/mol. The van der Waals surface area contributed by atoms with Crippen LogP contribution >= 0.6 is 11.6 Å². The lowest BCUT2D eigenvalue weighted by Gasteiger charge is -2.19. The van der Waals surface area contributed by atoms with Crippen LogP contribution in [0.2, 0.25) is 5.02 Å². The Hall–Kier alpha value is -1.67. The summed E-state index contributed by atoms with van der Waals surface area (Å²) in [5.41, 5.74) is 4.52. The van der Waals surface area contributed by atoms with Crippen molar-refractivity contribution >= 4 is 17.4 Å². The van der Waals surface area contributed by atoms with Crippen molar-refractivity contribution in [2.45, 2.75) is 25.7 Å². The maximum Gasteiger partial charge on any atom is 0.137 e. The van der Waals surface area contributed by atoms with Crippen LogP contribution in [0.25, 0.3) is 0 Å². The highest BCUT2D eigenvalue weighted by Crippen LogP contribution is 2.30. The molecule has 0 atom stereocenters. The second kappa shape index (κ2) is 5.14. The third kappa shape index (κ3) is 2.54. The summed E-state index contributed by atoms with van der Waals surface area (Å²) >= 11 is 6.33. The molecule has 0 aliphatic heterocycles. The molecule has 3 heteroatoms. The lowest BCUT2D eigenvalue weighted by Crippen LogP contribution is -2.15. The predicted molar refractivity (Wildman–Crippen MR) is 75.5 cm³/mol. The number of nitrogens with zero attached hydrogens (tertiary/aromatic N) is 1. The summed E-state index contributed by atoms with van der Waals surface area (Å²) in [6.45, 7) is 0. The molecular formula is C16H14ClNO. The first-order chi connectivity index (χ1) is 9.24. The van der Waals surface area contributed by atoms with Crippen LogP contribution in [0.4, 0.5) is 0 Å². The normalized spacial score (nSPS) is 14.3. The Morgan fingerprint density at radius 3 is 2.84 bits per heavy atom. The third-order valence-electron chi connectivity index (χ3n) is 3.60. The highest BCUT2D eigenvalue weighted by Gasteiger charge is 2.20. The molecule has 1 aliphatic rings. The molecule has 19 heavy (non-hydrogen) atoms. The Labute approximate surface area is 117 Å². The van der Waals surface area contributed by atoms with Crippen molar-refractivity contribution in [1.82, 2.24) is 4.98 Å². The van der Waals surface area contributed by atoms with Gasteiger partial charge in [0.15, 0.2) is 0 Å². The van der Waals surface area contributed by atoms with E-state index in [0.29, 0.717) is 18.6 Å². The highest BCUT2D eigenvalue weighted by molar-refractivity contribution is 6.31. The molecule has 1 aliphatic carbocycles. The van der Waals surface area contributed by atoms with E-state index in [-0.39, 0.29) is 0 Å². The van der Waals surface area contributed by atoms with E-state index in [1.807, 2.05) is 30.3 Å². The molecule has 2 nitrogen and oxygen atoms in total. The minimum atomic E-state index is 0.318. The monoisotopic (exact) mass is 271 g/mol. The number of aromatic nitrogens is 1. The van der Waals surface area contributed by atoms with E-state index >= 15 is 0 Å². The van der Waals surface area contributed by atoms with Crippen LogP contribution in [-0.4, -0.2) is 10.8 Å². The number of fused-ring (bicyclic) bond motifs is 1. The van der Waals surface area contributed by atoms with Gasteiger partial charge in [-0.25, -0.2) is 0 Å². The first-order valence-electron chi connectivity index (χ1n) is 6.45. The number of carbonyl (C=O) groups excluding carboxylic acids is 1. The number of carbonyl (C=O) groups is 1. The summed E-state index contributed by atoms with van der Waals surface area (Å²) in [7, 11) is 0.